The van der Waals surface area contributed by atoms with Crippen LogP contribution in [0.1, 0.15) is 25.0 Å². The number of methoxy groups -OCH3 is 2. The molecule has 3 heteroatoms. The summed E-state index contributed by atoms with van der Waals surface area (Å²) in [7, 11) is 5.35. The first-order chi connectivity index (χ1) is 7.93. The Morgan fingerprint density at radius 1 is 1.12 bits per heavy atom. The van der Waals surface area contributed by atoms with E-state index >= 15 is 0 Å². The summed E-state index contributed by atoms with van der Waals surface area (Å²) in [6, 6.07) is 4.16. The van der Waals surface area contributed by atoms with Crippen LogP contribution in [0.25, 0.3) is 0 Å². The number of hydrogen-bond donors (Lipinski definition) is 1. The molecule has 0 aliphatic rings. The highest BCUT2D eigenvalue weighted by Gasteiger charge is 2.17. The Morgan fingerprint density at radius 3 is 1.94 bits per heavy atom. The van der Waals surface area contributed by atoms with Gasteiger partial charge >= 0.3 is 0 Å². The summed E-state index contributed by atoms with van der Waals surface area (Å²) >= 11 is 0. The second-order valence-electron chi connectivity index (χ2n) is 4.94. The maximum atomic E-state index is 5.38. The molecule has 1 N–H and O–H groups in total. The Morgan fingerprint density at radius 2 is 1.59 bits per heavy atom. The van der Waals surface area contributed by atoms with Gasteiger partial charge in [-0.25, -0.2) is 0 Å². The molecule has 0 aromatic heterocycles. The third-order valence-electron chi connectivity index (χ3n) is 3.13. The van der Waals surface area contributed by atoms with Crippen LogP contribution in [0.4, 0.5) is 0 Å². The topological polar surface area (TPSA) is 30.5 Å². The first kappa shape index (κ1) is 13.8. The molecule has 0 aliphatic heterocycles. The molecule has 0 atom stereocenters. The number of nitrogens with one attached hydrogen (secondary N) is 1. The van der Waals surface area contributed by atoms with Crippen LogP contribution in [0.2, 0.25) is 0 Å². The van der Waals surface area contributed by atoms with E-state index in [-0.39, 0.29) is 5.54 Å². The average molecular weight is 237 g/mol. The lowest BCUT2D eigenvalue weighted by Crippen LogP contribution is -2.38. The molecule has 0 unspecified atom stereocenters. The molecule has 0 amide bonds. The van der Waals surface area contributed by atoms with Crippen LogP contribution < -0.4 is 14.8 Å². The van der Waals surface area contributed by atoms with E-state index in [1.807, 2.05) is 14.0 Å². The number of rotatable bonds is 5. The van der Waals surface area contributed by atoms with Crippen molar-refractivity contribution in [3.63, 3.8) is 0 Å². The zero-order valence-corrected chi connectivity index (χ0v) is 11.7. The van der Waals surface area contributed by atoms with Crippen molar-refractivity contribution in [2.24, 2.45) is 0 Å². The third kappa shape index (κ3) is 3.37. The van der Waals surface area contributed by atoms with Crippen molar-refractivity contribution in [2.45, 2.75) is 32.7 Å². The summed E-state index contributed by atoms with van der Waals surface area (Å²) in [5, 5.41) is 3.30. The Labute approximate surface area is 104 Å². The summed E-state index contributed by atoms with van der Waals surface area (Å²) in [5.41, 5.74) is 2.32. The Balaban J connectivity index is 3.09. The smallest absolute Gasteiger partial charge is 0.125 e. The van der Waals surface area contributed by atoms with Gasteiger partial charge in [0.25, 0.3) is 0 Å². The minimum absolute atomic E-state index is 0.0608. The van der Waals surface area contributed by atoms with Crippen molar-refractivity contribution in [2.75, 3.05) is 21.3 Å². The van der Waals surface area contributed by atoms with Crippen molar-refractivity contribution in [1.29, 1.82) is 0 Å². The molecule has 0 saturated carbocycles. The zero-order chi connectivity index (χ0) is 13.1. The molecule has 17 heavy (non-hydrogen) atoms. The predicted octanol–water partition coefficient (Wildman–Crippen LogP) is 2.55. The van der Waals surface area contributed by atoms with E-state index in [9.17, 15) is 0 Å². The highest BCUT2D eigenvalue weighted by atomic mass is 16.5. The van der Waals surface area contributed by atoms with E-state index in [1.54, 1.807) is 14.2 Å². The monoisotopic (exact) mass is 237 g/mol. The van der Waals surface area contributed by atoms with E-state index in [4.69, 9.17) is 9.47 Å². The fraction of sp³-hybridized carbons (Fsp3) is 0.571. The molecule has 1 aromatic carbocycles. The van der Waals surface area contributed by atoms with E-state index in [0.717, 1.165) is 23.5 Å². The van der Waals surface area contributed by atoms with Gasteiger partial charge in [-0.3, -0.25) is 0 Å². The van der Waals surface area contributed by atoms with Crippen LogP contribution >= 0.6 is 0 Å². The lowest BCUT2D eigenvalue weighted by Gasteiger charge is -2.25. The largest absolute Gasteiger partial charge is 0.496 e. The maximum Gasteiger partial charge on any atom is 0.125 e. The lowest BCUT2D eigenvalue weighted by molar-refractivity contribution is 0.383. The molecule has 96 valence electrons. The van der Waals surface area contributed by atoms with Crippen LogP contribution in [0.5, 0.6) is 11.5 Å². The Hall–Kier alpha value is -1.22. The lowest BCUT2D eigenvalue weighted by atomic mass is 9.94. The molecule has 1 aromatic rings. The van der Waals surface area contributed by atoms with Crippen molar-refractivity contribution < 1.29 is 9.47 Å². The fourth-order valence-corrected chi connectivity index (χ4v) is 1.84. The maximum absolute atomic E-state index is 5.38. The SMILES string of the molecule is CNC(C)(C)Cc1cc(OC)c(C)c(OC)c1. The number of hydrogen-bond acceptors (Lipinski definition) is 3. The van der Waals surface area contributed by atoms with Crippen LogP contribution in [0.15, 0.2) is 12.1 Å². The molecule has 0 radical (unpaired) electrons. The number of ether oxygens (including phenoxy) is 2. The molecular weight excluding hydrogens is 214 g/mol. The van der Waals surface area contributed by atoms with Crippen LogP contribution in [0.3, 0.4) is 0 Å². The van der Waals surface area contributed by atoms with Crippen LogP contribution in [0, 0.1) is 6.92 Å². The van der Waals surface area contributed by atoms with Crippen molar-refractivity contribution in [3.8, 4) is 11.5 Å². The van der Waals surface area contributed by atoms with Gasteiger partial charge in [-0.2, -0.15) is 0 Å². The second kappa shape index (κ2) is 5.41. The van der Waals surface area contributed by atoms with E-state index in [2.05, 4.69) is 31.3 Å². The summed E-state index contributed by atoms with van der Waals surface area (Å²) in [5.74, 6) is 1.76. The van der Waals surface area contributed by atoms with Crippen molar-refractivity contribution >= 4 is 0 Å². The normalized spacial score (nSPS) is 11.4. The minimum Gasteiger partial charge on any atom is -0.496 e. The van der Waals surface area contributed by atoms with Crippen LogP contribution in [-0.2, 0) is 6.42 Å². The van der Waals surface area contributed by atoms with Gasteiger partial charge in [0.1, 0.15) is 11.5 Å². The molecule has 0 fully saturated rings. The van der Waals surface area contributed by atoms with Gasteiger partial charge in [-0.05, 0) is 51.9 Å². The van der Waals surface area contributed by atoms with Crippen LogP contribution in [-0.4, -0.2) is 26.8 Å². The van der Waals surface area contributed by atoms with Crippen molar-refractivity contribution in [3.05, 3.63) is 23.3 Å². The van der Waals surface area contributed by atoms with Gasteiger partial charge in [0.05, 0.1) is 14.2 Å². The zero-order valence-electron chi connectivity index (χ0n) is 11.7. The highest BCUT2D eigenvalue weighted by molar-refractivity contribution is 5.47. The molecule has 0 aliphatic carbocycles. The quantitative estimate of drug-likeness (QED) is 0.853. The molecule has 0 heterocycles. The third-order valence-corrected chi connectivity index (χ3v) is 3.13. The summed E-state index contributed by atoms with van der Waals surface area (Å²) in [4.78, 5) is 0. The average Bonchev–Trinajstić information content (AvgIpc) is 2.30. The first-order valence-electron chi connectivity index (χ1n) is 5.84. The van der Waals surface area contributed by atoms with Crippen molar-refractivity contribution in [1.82, 2.24) is 5.32 Å². The van der Waals surface area contributed by atoms with E-state index in [1.165, 1.54) is 5.56 Å². The highest BCUT2D eigenvalue weighted by Crippen LogP contribution is 2.30. The second-order valence-corrected chi connectivity index (χ2v) is 4.94. The Kier molecular flexibility index (Phi) is 4.40. The molecular formula is C14H23NO2. The number of likely N-dealkylation sites (N-methyl/N-ethyl adjacent to an activating group) is 1. The summed E-state index contributed by atoms with van der Waals surface area (Å²) in [6.45, 7) is 6.35. The van der Waals surface area contributed by atoms with Gasteiger partial charge < -0.3 is 14.8 Å². The van der Waals surface area contributed by atoms with Gasteiger partial charge in [0.2, 0.25) is 0 Å². The van der Waals surface area contributed by atoms with Gasteiger partial charge in [0.15, 0.2) is 0 Å². The summed E-state index contributed by atoms with van der Waals surface area (Å²) < 4.78 is 10.8. The predicted molar refractivity (Wildman–Crippen MR) is 71.1 cm³/mol. The standard InChI is InChI=1S/C14H23NO2/c1-10-12(16-5)7-11(8-13(10)17-6)9-14(2,3)15-4/h7-8,15H,9H2,1-6H3. The summed E-state index contributed by atoms with van der Waals surface area (Å²) in [6.07, 6.45) is 0.927. The van der Waals surface area contributed by atoms with E-state index < -0.39 is 0 Å². The molecule has 1 rings (SSSR count). The van der Waals surface area contributed by atoms with Gasteiger partial charge in [-0.1, -0.05) is 0 Å². The van der Waals surface area contributed by atoms with Gasteiger partial charge in [0, 0.05) is 11.1 Å². The first-order valence-corrected chi connectivity index (χ1v) is 5.84. The number of benzene rings is 1. The molecule has 0 saturated heterocycles. The molecule has 3 nitrogen and oxygen atoms in total. The molecule has 0 bridgehead atoms. The van der Waals surface area contributed by atoms with E-state index in [0.29, 0.717) is 0 Å². The minimum atomic E-state index is 0.0608. The Bertz CT molecular complexity index is 361. The van der Waals surface area contributed by atoms with Gasteiger partial charge in [-0.15, -0.1) is 0 Å². The fourth-order valence-electron chi connectivity index (χ4n) is 1.84. The molecule has 0 spiro atoms.